The van der Waals surface area contributed by atoms with Gasteiger partial charge in [0.1, 0.15) is 0 Å². The highest BCUT2D eigenvalue weighted by atomic mass is 32.2. The van der Waals surface area contributed by atoms with E-state index in [9.17, 15) is 9.59 Å². The Bertz CT molecular complexity index is 350. The maximum absolute atomic E-state index is 10.8. The highest BCUT2D eigenvalue weighted by molar-refractivity contribution is 7.98. The van der Waals surface area contributed by atoms with Crippen LogP contribution in [-0.2, 0) is 9.59 Å². The number of rotatable bonds is 5. The SMILES string of the molecule is CSc1ccc(C(NC=O)C(=O)O)cc1. The fraction of sp³-hybridized carbons (Fsp3) is 0.200. The fourth-order valence-electron chi connectivity index (χ4n) is 1.17. The van der Waals surface area contributed by atoms with E-state index >= 15 is 0 Å². The molecule has 0 aliphatic heterocycles. The molecule has 0 radical (unpaired) electrons. The molecule has 1 aromatic rings. The first-order chi connectivity index (χ1) is 7.19. The number of hydrogen-bond donors (Lipinski definition) is 2. The normalized spacial score (nSPS) is 11.8. The molecule has 0 bridgehead atoms. The van der Waals surface area contributed by atoms with E-state index in [1.165, 1.54) is 0 Å². The van der Waals surface area contributed by atoms with Gasteiger partial charge >= 0.3 is 5.97 Å². The topological polar surface area (TPSA) is 66.4 Å². The minimum absolute atomic E-state index is 0.390. The fourth-order valence-corrected chi connectivity index (χ4v) is 1.58. The Kier molecular flexibility index (Phi) is 4.17. The molecule has 0 heterocycles. The van der Waals surface area contributed by atoms with Crippen LogP contribution in [0.3, 0.4) is 0 Å². The first-order valence-corrected chi connectivity index (χ1v) is 5.48. The number of aliphatic carboxylic acids is 1. The first kappa shape index (κ1) is 11.6. The van der Waals surface area contributed by atoms with Gasteiger partial charge in [0.05, 0.1) is 0 Å². The average Bonchev–Trinajstić information content (AvgIpc) is 2.26. The molecule has 0 aliphatic rings. The third-order valence-electron chi connectivity index (χ3n) is 1.93. The summed E-state index contributed by atoms with van der Waals surface area (Å²) in [6, 6.07) is 6.06. The van der Waals surface area contributed by atoms with Gasteiger partial charge in [0, 0.05) is 4.90 Å². The predicted octanol–water partition coefficient (Wildman–Crippen LogP) is 1.28. The van der Waals surface area contributed by atoms with E-state index in [4.69, 9.17) is 5.11 Å². The molecule has 1 atom stereocenters. The quantitative estimate of drug-likeness (QED) is 0.585. The predicted molar refractivity (Wildman–Crippen MR) is 57.8 cm³/mol. The number of carbonyl (C=O) groups is 2. The Morgan fingerprint density at radius 3 is 2.47 bits per heavy atom. The molecule has 2 N–H and O–H groups in total. The Morgan fingerprint density at radius 2 is 2.07 bits per heavy atom. The van der Waals surface area contributed by atoms with Crippen molar-refractivity contribution in [1.82, 2.24) is 5.32 Å². The number of hydrogen-bond acceptors (Lipinski definition) is 3. The summed E-state index contributed by atoms with van der Waals surface area (Å²) in [4.78, 5) is 22.1. The second-order valence-corrected chi connectivity index (χ2v) is 3.71. The van der Waals surface area contributed by atoms with Crippen LogP contribution in [0.4, 0.5) is 0 Å². The maximum Gasteiger partial charge on any atom is 0.330 e. The zero-order valence-electron chi connectivity index (χ0n) is 8.14. The van der Waals surface area contributed by atoms with Crippen LogP contribution >= 0.6 is 11.8 Å². The van der Waals surface area contributed by atoms with Crippen molar-refractivity contribution in [2.24, 2.45) is 0 Å². The van der Waals surface area contributed by atoms with Crippen molar-refractivity contribution in [2.75, 3.05) is 6.26 Å². The van der Waals surface area contributed by atoms with Gasteiger partial charge < -0.3 is 10.4 Å². The standard InChI is InChI=1S/C10H11NO3S/c1-15-8-4-2-7(3-5-8)9(10(13)14)11-6-12/h2-6,9H,1H3,(H,11,12)(H,13,14). The molecule has 15 heavy (non-hydrogen) atoms. The number of amides is 1. The third-order valence-corrected chi connectivity index (χ3v) is 2.67. The van der Waals surface area contributed by atoms with Gasteiger partial charge in [-0.1, -0.05) is 12.1 Å². The van der Waals surface area contributed by atoms with Crippen LogP contribution in [0.5, 0.6) is 0 Å². The molecular formula is C10H11NO3S. The Labute approximate surface area is 91.7 Å². The molecule has 80 valence electrons. The minimum atomic E-state index is -1.07. The molecule has 0 saturated carbocycles. The molecular weight excluding hydrogens is 214 g/mol. The van der Waals surface area contributed by atoms with Gasteiger partial charge in [-0.15, -0.1) is 11.8 Å². The summed E-state index contributed by atoms with van der Waals surface area (Å²) in [6.45, 7) is 0. The van der Waals surface area contributed by atoms with Gasteiger partial charge in [0.25, 0.3) is 0 Å². The summed E-state index contributed by atoms with van der Waals surface area (Å²) < 4.78 is 0. The lowest BCUT2D eigenvalue weighted by molar-refractivity contribution is -0.140. The van der Waals surface area contributed by atoms with Crippen LogP contribution in [0, 0.1) is 0 Å². The summed E-state index contributed by atoms with van der Waals surface area (Å²) in [7, 11) is 0. The number of carboxylic acid groups (broad SMARTS) is 1. The van der Waals surface area contributed by atoms with Crippen LogP contribution in [0.1, 0.15) is 11.6 Å². The number of benzene rings is 1. The molecule has 4 nitrogen and oxygen atoms in total. The second kappa shape index (κ2) is 5.41. The lowest BCUT2D eigenvalue weighted by Crippen LogP contribution is -2.27. The van der Waals surface area contributed by atoms with Crippen molar-refractivity contribution in [1.29, 1.82) is 0 Å². The van der Waals surface area contributed by atoms with Crippen LogP contribution in [0.15, 0.2) is 29.2 Å². The van der Waals surface area contributed by atoms with E-state index in [1.807, 2.05) is 18.4 Å². The summed E-state index contributed by atoms with van der Waals surface area (Å²) in [6.07, 6.45) is 2.33. The molecule has 1 unspecified atom stereocenters. The number of nitrogens with one attached hydrogen (secondary N) is 1. The first-order valence-electron chi connectivity index (χ1n) is 4.25. The lowest BCUT2D eigenvalue weighted by atomic mass is 10.1. The van der Waals surface area contributed by atoms with Crippen molar-refractivity contribution in [2.45, 2.75) is 10.9 Å². The van der Waals surface area contributed by atoms with E-state index in [2.05, 4.69) is 5.32 Å². The van der Waals surface area contributed by atoms with Crippen molar-refractivity contribution >= 4 is 24.1 Å². The monoisotopic (exact) mass is 225 g/mol. The molecule has 0 aliphatic carbocycles. The average molecular weight is 225 g/mol. The Hall–Kier alpha value is -1.49. The second-order valence-electron chi connectivity index (χ2n) is 2.83. The lowest BCUT2D eigenvalue weighted by Gasteiger charge is -2.11. The van der Waals surface area contributed by atoms with Crippen LogP contribution in [-0.4, -0.2) is 23.7 Å². The van der Waals surface area contributed by atoms with Crippen LogP contribution in [0.2, 0.25) is 0 Å². The van der Waals surface area contributed by atoms with Gasteiger partial charge in [0.15, 0.2) is 6.04 Å². The molecule has 0 fully saturated rings. The minimum Gasteiger partial charge on any atom is -0.479 e. The summed E-state index contributed by atoms with van der Waals surface area (Å²) in [5, 5.41) is 11.1. The van der Waals surface area contributed by atoms with Crippen molar-refractivity contribution < 1.29 is 14.7 Å². The zero-order chi connectivity index (χ0) is 11.3. The van der Waals surface area contributed by atoms with E-state index in [-0.39, 0.29) is 0 Å². The van der Waals surface area contributed by atoms with Gasteiger partial charge in [0.2, 0.25) is 6.41 Å². The molecule has 0 aromatic heterocycles. The van der Waals surface area contributed by atoms with Crippen LogP contribution < -0.4 is 5.32 Å². The largest absolute Gasteiger partial charge is 0.479 e. The van der Waals surface area contributed by atoms with Crippen molar-refractivity contribution in [3.8, 4) is 0 Å². The summed E-state index contributed by atoms with van der Waals surface area (Å²) in [5.41, 5.74) is 0.562. The summed E-state index contributed by atoms with van der Waals surface area (Å²) in [5.74, 6) is -1.07. The van der Waals surface area contributed by atoms with Crippen LogP contribution in [0.25, 0.3) is 0 Å². The Morgan fingerprint density at radius 1 is 1.47 bits per heavy atom. The van der Waals surface area contributed by atoms with E-state index in [0.717, 1.165) is 4.90 Å². The smallest absolute Gasteiger partial charge is 0.330 e. The van der Waals surface area contributed by atoms with E-state index in [0.29, 0.717) is 12.0 Å². The summed E-state index contributed by atoms with van der Waals surface area (Å²) >= 11 is 1.57. The number of thioether (sulfide) groups is 1. The van der Waals surface area contributed by atoms with Crippen molar-refractivity contribution in [3.63, 3.8) is 0 Å². The highest BCUT2D eigenvalue weighted by Crippen LogP contribution is 2.19. The molecule has 1 amide bonds. The van der Waals surface area contributed by atoms with Gasteiger partial charge in [-0.05, 0) is 24.0 Å². The maximum atomic E-state index is 10.8. The Balaban J connectivity index is 2.91. The van der Waals surface area contributed by atoms with E-state index in [1.54, 1.807) is 23.9 Å². The van der Waals surface area contributed by atoms with Gasteiger partial charge in [-0.25, -0.2) is 4.79 Å². The third kappa shape index (κ3) is 2.99. The number of carbonyl (C=O) groups excluding carboxylic acids is 1. The molecule has 5 heteroatoms. The molecule has 1 rings (SSSR count). The van der Waals surface area contributed by atoms with E-state index < -0.39 is 12.0 Å². The van der Waals surface area contributed by atoms with Crippen molar-refractivity contribution in [3.05, 3.63) is 29.8 Å². The number of carboxylic acids is 1. The van der Waals surface area contributed by atoms with Gasteiger partial charge in [-0.3, -0.25) is 4.79 Å². The molecule has 1 aromatic carbocycles. The zero-order valence-corrected chi connectivity index (χ0v) is 8.95. The molecule has 0 spiro atoms. The van der Waals surface area contributed by atoms with Gasteiger partial charge in [-0.2, -0.15) is 0 Å². The molecule has 0 saturated heterocycles. The highest BCUT2D eigenvalue weighted by Gasteiger charge is 2.18.